The standard InChI is InChI=1S/C24H18ClNO4/c1-30-19-13-11-18(12-14-19)26-21(15-5-3-2-4-6-15)20(23(28)24(26)29)22(27)16-7-9-17(25)10-8-16/h2-14,21,27H,1H3/b22-20+. The number of hydrogen-bond acceptors (Lipinski definition) is 4. The maximum atomic E-state index is 13.0. The largest absolute Gasteiger partial charge is 0.507 e. The molecule has 3 aromatic carbocycles. The minimum atomic E-state index is -0.768. The number of carbonyl (C=O) groups is 2. The Morgan fingerprint density at radius 2 is 1.57 bits per heavy atom. The van der Waals surface area contributed by atoms with Gasteiger partial charge in [0.25, 0.3) is 11.7 Å². The molecule has 0 radical (unpaired) electrons. The van der Waals surface area contributed by atoms with Crippen molar-refractivity contribution in [3.05, 3.63) is 101 Å². The van der Waals surface area contributed by atoms with Gasteiger partial charge in [-0.3, -0.25) is 14.5 Å². The maximum absolute atomic E-state index is 13.0. The maximum Gasteiger partial charge on any atom is 0.300 e. The van der Waals surface area contributed by atoms with Gasteiger partial charge in [0, 0.05) is 16.3 Å². The van der Waals surface area contributed by atoms with E-state index in [1.165, 1.54) is 4.90 Å². The molecule has 1 saturated heterocycles. The Kier molecular flexibility index (Phi) is 5.29. The van der Waals surface area contributed by atoms with E-state index in [-0.39, 0.29) is 11.3 Å². The number of aliphatic hydroxyl groups excluding tert-OH is 1. The molecule has 6 heteroatoms. The van der Waals surface area contributed by atoms with Crippen LogP contribution in [0, 0.1) is 0 Å². The van der Waals surface area contributed by atoms with Crippen molar-refractivity contribution in [2.45, 2.75) is 6.04 Å². The van der Waals surface area contributed by atoms with Gasteiger partial charge in [0.1, 0.15) is 11.5 Å². The first-order chi connectivity index (χ1) is 14.5. The van der Waals surface area contributed by atoms with Crippen LogP contribution in [-0.2, 0) is 9.59 Å². The molecule has 1 heterocycles. The fraction of sp³-hybridized carbons (Fsp3) is 0.0833. The van der Waals surface area contributed by atoms with E-state index >= 15 is 0 Å². The zero-order chi connectivity index (χ0) is 21.3. The number of amides is 1. The third kappa shape index (κ3) is 3.44. The number of methoxy groups -OCH3 is 1. The molecule has 1 atom stereocenters. The highest BCUT2D eigenvalue weighted by atomic mass is 35.5. The van der Waals surface area contributed by atoms with E-state index in [9.17, 15) is 14.7 Å². The molecule has 150 valence electrons. The van der Waals surface area contributed by atoms with Crippen LogP contribution < -0.4 is 9.64 Å². The van der Waals surface area contributed by atoms with Crippen molar-refractivity contribution in [2.75, 3.05) is 12.0 Å². The van der Waals surface area contributed by atoms with Crippen LogP contribution in [0.25, 0.3) is 5.76 Å². The third-order valence-electron chi connectivity index (χ3n) is 5.03. The van der Waals surface area contributed by atoms with Crippen molar-refractivity contribution in [3.63, 3.8) is 0 Å². The van der Waals surface area contributed by atoms with E-state index in [0.717, 1.165) is 0 Å². The summed E-state index contributed by atoms with van der Waals surface area (Å²) in [5.74, 6) is -1.06. The number of hydrogen-bond donors (Lipinski definition) is 1. The van der Waals surface area contributed by atoms with Crippen LogP contribution in [0.2, 0.25) is 5.02 Å². The van der Waals surface area contributed by atoms with Gasteiger partial charge in [0.05, 0.1) is 18.7 Å². The quantitative estimate of drug-likeness (QED) is 0.368. The zero-order valence-corrected chi connectivity index (χ0v) is 16.8. The van der Waals surface area contributed by atoms with Crippen molar-refractivity contribution in [1.29, 1.82) is 0 Å². The molecule has 3 aromatic rings. The average molecular weight is 420 g/mol. The Morgan fingerprint density at radius 1 is 0.933 bits per heavy atom. The van der Waals surface area contributed by atoms with E-state index < -0.39 is 17.7 Å². The van der Waals surface area contributed by atoms with Gasteiger partial charge in [0.15, 0.2) is 0 Å². The summed E-state index contributed by atoms with van der Waals surface area (Å²) in [7, 11) is 1.55. The summed E-state index contributed by atoms with van der Waals surface area (Å²) in [5.41, 5.74) is 1.68. The fourth-order valence-electron chi connectivity index (χ4n) is 3.56. The van der Waals surface area contributed by atoms with Crippen LogP contribution in [0.5, 0.6) is 5.75 Å². The van der Waals surface area contributed by atoms with Crippen molar-refractivity contribution < 1.29 is 19.4 Å². The number of aliphatic hydroxyl groups is 1. The number of ketones is 1. The Labute approximate surface area is 178 Å². The lowest BCUT2D eigenvalue weighted by atomic mass is 9.95. The molecule has 4 rings (SSSR count). The lowest BCUT2D eigenvalue weighted by molar-refractivity contribution is -0.132. The van der Waals surface area contributed by atoms with Crippen LogP contribution >= 0.6 is 11.6 Å². The smallest absolute Gasteiger partial charge is 0.300 e. The Bertz CT molecular complexity index is 1120. The van der Waals surface area contributed by atoms with E-state index in [0.29, 0.717) is 27.6 Å². The Hall–Kier alpha value is -3.57. The first kappa shape index (κ1) is 19.7. The average Bonchev–Trinajstić information content (AvgIpc) is 3.05. The van der Waals surface area contributed by atoms with Crippen molar-refractivity contribution >= 4 is 34.7 Å². The molecule has 1 fully saturated rings. The molecule has 1 amide bonds. The molecule has 1 aliphatic rings. The number of ether oxygens (including phenoxy) is 1. The van der Waals surface area contributed by atoms with Crippen LogP contribution in [0.15, 0.2) is 84.4 Å². The number of nitrogens with zero attached hydrogens (tertiary/aromatic N) is 1. The van der Waals surface area contributed by atoms with Crippen molar-refractivity contribution in [1.82, 2.24) is 0 Å². The highest BCUT2D eigenvalue weighted by Crippen LogP contribution is 2.42. The Balaban J connectivity index is 1.90. The van der Waals surface area contributed by atoms with Crippen molar-refractivity contribution in [3.8, 4) is 5.75 Å². The summed E-state index contributed by atoms with van der Waals surface area (Å²) < 4.78 is 5.19. The molecule has 0 spiro atoms. The van der Waals surface area contributed by atoms with Crippen molar-refractivity contribution in [2.24, 2.45) is 0 Å². The highest BCUT2D eigenvalue weighted by Gasteiger charge is 2.46. The van der Waals surface area contributed by atoms with E-state index in [1.807, 2.05) is 30.3 Å². The Morgan fingerprint density at radius 3 is 2.17 bits per heavy atom. The predicted molar refractivity (Wildman–Crippen MR) is 116 cm³/mol. The van der Waals surface area contributed by atoms with E-state index in [4.69, 9.17) is 16.3 Å². The molecular weight excluding hydrogens is 402 g/mol. The molecular formula is C24H18ClNO4. The van der Waals surface area contributed by atoms with Crippen LogP contribution in [-0.4, -0.2) is 23.9 Å². The van der Waals surface area contributed by atoms with E-state index in [1.54, 1.807) is 55.6 Å². The molecule has 0 bridgehead atoms. The summed E-state index contributed by atoms with van der Waals surface area (Å²) >= 11 is 5.94. The minimum absolute atomic E-state index is 0.0318. The van der Waals surface area contributed by atoms with Crippen LogP contribution in [0.1, 0.15) is 17.2 Å². The fourth-order valence-corrected chi connectivity index (χ4v) is 3.68. The second kappa shape index (κ2) is 8.05. The number of Topliss-reactive ketones (excluding diaryl/α,β-unsaturated/α-hetero) is 1. The molecule has 5 nitrogen and oxygen atoms in total. The van der Waals surface area contributed by atoms with Gasteiger partial charge in [-0.15, -0.1) is 0 Å². The van der Waals surface area contributed by atoms with Crippen LogP contribution in [0.3, 0.4) is 0 Å². The third-order valence-corrected chi connectivity index (χ3v) is 5.28. The summed E-state index contributed by atoms with van der Waals surface area (Å²) in [6.45, 7) is 0. The topological polar surface area (TPSA) is 66.8 Å². The zero-order valence-electron chi connectivity index (χ0n) is 16.1. The first-order valence-corrected chi connectivity index (χ1v) is 9.65. The summed E-state index contributed by atoms with van der Waals surface area (Å²) in [6, 6.07) is 21.7. The number of rotatable bonds is 4. The SMILES string of the molecule is COc1ccc(N2C(=O)C(=O)/C(=C(/O)c3ccc(Cl)cc3)C2c2ccccc2)cc1. The van der Waals surface area contributed by atoms with Gasteiger partial charge in [-0.25, -0.2) is 0 Å². The number of carbonyl (C=O) groups excluding carboxylic acids is 2. The second-order valence-electron chi connectivity index (χ2n) is 6.78. The molecule has 30 heavy (non-hydrogen) atoms. The predicted octanol–water partition coefficient (Wildman–Crippen LogP) is 4.97. The molecule has 0 aromatic heterocycles. The lowest BCUT2D eigenvalue weighted by Crippen LogP contribution is -2.29. The van der Waals surface area contributed by atoms with Gasteiger partial charge in [0.2, 0.25) is 0 Å². The van der Waals surface area contributed by atoms with Gasteiger partial charge in [-0.1, -0.05) is 41.9 Å². The minimum Gasteiger partial charge on any atom is -0.507 e. The molecule has 1 unspecified atom stereocenters. The lowest BCUT2D eigenvalue weighted by Gasteiger charge is -2.25. The molecule has 0 saturated carbocycles. The van der Waals surface area contributed by atoms with Gasteiger partial charge in [-0.2, -0.15) is 0 Å². The van der Waals surface area contributed by atoms with Gasteiger partial charge < -0.3 is 9.84 Å². The normalized spacial score (nSPS) is 17.9. The highest BCUT2D eigenvalue weighted by molar-refractivity contribution is 6.51. The number of anilines is 1. The monoisotopic (exact) mass is 419 g/mol. The van der Waals surface area contributed by atoms with Gasteiger partial charge in [-0.05, 0) is 54.1 Å². The van der Waals surface area contributed by atoms with E-state index in [2.05, 4.69) is 0 Å². The number of halogens is 1. The molecule has 1 N–H and O–H groups in total. The summed E-state index contributed by atoms with van der Waals surface area (Å²) in [4.78, 5) is 27.4. The number of benzene rings is 3. The second-order valence-corrected chi connectivity index (χ2v) is 7.22. The summed E-state index contributed by atoms with van der Waals surface area (Å²) in [6.07, 6.45) is 0. The van der Waals surface area contributed by atoms with Gasteiger partial charge >= 0.3 is 0 Å². The molecule has 1 aliphatic heterocycles. The van der Waals surface area contributed by atoms with Crippen LogP contribution in [0.4, 0.5) is 5.69 Å². The molecule has 0 aliphatic carbocycles. The summed E-state index contributed by atoms with van der Waals surface area (Å²) in [5, 5.41) is 11.5. The first-order valence-electron chi connectivity index (χ1n) is 9.27.